The maximum Gasteiger partial charge on any atom is 0.227 e. The Morgan fingerprint density at radius 2 is 2.07 bits per heavy atom. The molecule has 0 unspecified atom stereocenters. The van der Waals surface area contributed by atoms with Crippen molar-refractivity contribution in [1.29, 1.82) is 0 Å². The van der Waals surface area contributed by atoms with Gasteiger partial charge in [0.2, 0.25) is 11.1 Å². The van der Waals surface area contributed by atoms with Gasteiger partial charge in [0.15, 0.2) is 0 Å². The number of anilines is 1. The lowest BCUT2D eigenvalue weighted by Gasteiger charge is -2.40. The number of allylic oxidation sites excluding steroid dienone is 2. The maximum atomic E-state index is 13.4. The van der Waals surface area contributed by atoms with Crippen LogP contribution in [0.2, 0.25) is 0 Å². The van der Waals surface area contributed by atoms with Crippen molar-refractivity contribution in [2.75, 3.05) is 11.1 Å². The second kappa shape index (κ2) is 6.87. The van der Waals surface area contributed by atoms with E-state index in [0.29, 0.717) is 17.5 Å². The van der Waals surface area contributed by atoms with Crippen molar-refractivity contribution >= 4 is 34.3 Å². The summed E-state index contributed by atoms with van der Waals surface area (Å²) < 4.78 is 1.79. The summed E-state index contributed by atoms with van der Waals surface area (Å²) in [5, 5.41) is 21.6. The van der Waals surface area contributed by atoms with Gasteiger partial charge in [0.05, 0.1) is 5.92 Å². The summed E-state index contributed by atoms with van der Waals surface area (Å²) >= 11 is 1.56. The molecule has 0 fully saturated rings. The summed E-state index contributed by atoms with van der Waals surface area (Å²) in [6.07, 6.45) is 2.59. The van der Waals surface area contributed by atoms with E-state index in [1.54, 1.807) is 22.5 Å². The molecule has 3 aromatic rings. The van der Waals surface area contributed by atoms with Crippen molar-refractivity contribution in [3.05, 3.63) is 53.7 Å². The van der Waals surface area contributed by atoms with E-state index in [1.165, 1.54) is 0 Å². The Labute approximate surface area is 179 Å². The number of fused-ring (bicyclic) bond motifs is 3. The Morgan fingerprint density at radius 3 is 2.87 bits per heavy atom. The van der Waals surface area contributed by atoms with Gasteiger partial charge in [-0.25, -0.2) is 4.68 Å². The number of carbonyl (C=O) groups is 1. The minimum atomic E-state index is -0.457. The number of Topliss-reactive ketones (excluding diaryl/α,β-unsaturated/α-hetero) is 1. The molecule has 0 amide bonds. The van der Waals surface area contributed by atoms with E-state index in [1.807, 2.05) is 30.3 Å². The van der Waals surface area contributed by atoms with Crippen LogP contribution >= 0.6 is 11.8 Å². The molecule has 30 heavy (non-hydrogen) atoms. The monoisotopic (exact) mass is 420 g/mol. The van der Waals surface area contributed by atoms with Crippen LogP contribution in [0.4, 0.5) is 5.95 Å². The van der Waals surface area contributed by atoms with E-state index in [-0.39, 0.29) is 16.9 Å². The SMILES string of the molecule is CCSc1nc2n(n1)[C@H](c1c(O)ccc3ccccc13)[C@H]1C(=O)CC(C)(C)C=C1N2. The van der Waals surface area contributed by atoms with Gasteiger partial charge in [0.25, 0.3) is 0 Å². The molecule has 0 spiro atoms. The van der Waals surface area contributed by atoms with Gasteiger partial charge in [-0.1, -0.05) is 68.9 Å². The molecule has 0 bridgehead atoms. The molecule has 2 aromatic carbocycles. The largest absolute Gasteiger partial charge is 0.508 e. The minimum absolute atomic E-state index is 0.146. The molecular weight excluding hydrogens is 396 g/mol. The van der Waals surface area contributed by atoms with Gasteiger partial charge in [0.1, 0.15) is 17.6 Å². The van der Waals surface area contributed by atoms with Crippen LogP contribution in [0.25, 0.3) is 10.8 Å². The third kappa shape index (κ3) is 2.99. The van der Waals surface area contributed by atoms with E-state index in [2.05, 4.69) is 37.1 Å². The van der Waals surface area contributed by atoms with Crippen LogP contribution in [0.1, 0.15) is 38.8 Å². The van der Waals surface area contributed by atoms with Crippen molar-refractivity contribution in [2.24, 2.45) is 11.3 Å². The van der Waals surface area contributed by atoms with Crippen molar-refractivity contribution < 1.29 is 9.90 Å². The summed E-state index contributed by atoms with van der Waals surface area (Å²) in [5.74, 6) is 1.34. The Balaban J connectivity index is 1.80. The number of phenolic OH excluding ortho intramolecular Hbond substituents is 1. The van der Waals surface area contributed by atoms with Crippen LogP contribution in [0.15, 0.2) is 53.3 Å². The van der Waals surface area contributed by atoms with E-state index in [9.17, 15) is 9.90 Å². The summed E-state index contributed by atoms with van der Waals surface area (Å²) in [7, 11) is 0. The van der Waals surface area contributed by atoms with Crippen LogP contribution in [0.3, 0.4) is 0 Å². The van der Waals surface area contributed by atoms with Gasteiger partial charge in [-0.05, 0) is 28.0 Å². The summed E-state index contributed by atoms with van der Waals surface area (Å²) in [4.78, 5) is 18.0. The molecule has 0 saturated carbocycles. The number of hydrogen-bond donors (Lipinski definition) is 2. The first-order chi connectivity index (χ1) is 14.4. The molecule has 2 heterocycles. The molecule has 1 aliphatic carbocycles. The van der Waals surface area contributed by atoms with Gasteiger partial charge in [-0.3, -0.25) is 4.79 Å². The average molecular weight is 421 g/mol. The second-order valence-electron chi connectivity index (χ2n) is 8.59. The van der Waals surface area contributed by atoms with E-state index >= 15 is 0 Å². The predicted octanol–water partition coefficient (Wildman–Crippen LogP) is 4.76. The number of aromatic nitrogens is 3. The lowest BCUT2D eigenvalue weighted by atomic mass is 9.71. The molecule has 154 valence electrons. The highest BCUT2D eigenvalue weighted by atomic mass is 32.2. The quantitative estimate of drug-likeness (QED) is 0.595. The topological polar surface area (TPSA) is 80.0 Å². The lowest BCUT2D eigenvalue weighted by molar-refractivity contribution is -0.125. The van der Waals surface area contributed by atoms with E-state index in [0.717, 1.165) is 27.8 Å². The number of aromatic hydroxyl groups is 1. The third-order valence-corrected chi connectivity index (χ3v) is 6.54. The Bertz CT molecular complexity index is 1200. The number of hydrogen-bond acceptors (Lipinski definition) is 6. The Morgan fingerprint density at radius 1 is 1.27 bits per heavy atom. The summed E-state index contributed by atoms with van der Waals surface area (Å²) in [6.45, 7) is 6.19. The molecule has 1 aromatic heterocycles. The fourth-order valence-electron chi connectivity index (χ4n) is 4.68. The Kier molecular flexibility index (Phi) is 4.39. The number of benzene rings is 2. The standard InChI is InChI=1S/C23H24N4O2S/c1-4-30-22-25-21-24-15-11-23(2,3)12-17(29)19(15)20(27(21)26-22)18-14-8-6-5-7-13(14)9-10-16(18)28/h5-11,19-20,28H,4,12H2,1-3H3,(H,24,25,26)/t19-,20-/m1/s1. The Hall–Kier alpha value is -2.80. The zero-order chi connectivity index (χ0) is 21.0. The first-order valence-electron chi connectivity index (χ1n) is 10.2. The molecule has 0 saturated heterocycles. The van der Waals surface area contributed by atoms with Crippen molar-refractivity contribution in [3.8, 4) is 5.75 Å². The molecule has 7 heteroatoms. The lowest BCUT2D eigenvalue weighted by Crippen LogP contribution is -2.42. The maximum absolute atomic E-state index is 13.4. The predicted molar refractivity (Wildman–Crippen MR) is 119 cm³/mol. The molecule has 0 radical (unpaired) electrons. The molecule has 6 nitrogen and oxygen atoms in total. The van der Waals surface area contributed by atoms with Crippen LogP contribution in [0, 0.1) is 11.3 Å². The number of carbonyl (C=O) groups excluding carboxylic acids is 1. The number of nitrogens with one attached hydrogen (secondary N) is 1. The number of nitrogens with zero attached hydrogens (tertiary/aromatic N) is 3. The van der Waals surface area contributed by atoms with Crippen LogP contribution in [-0.2, 0) is 4.79 Å². The number of thioether (sulfide) groups is 1. The van der Waals surface area contributed by atoms with Crippen LogP contribution < -0.4 is 5.32 Å². The first-order valence-corrected chi connectivity index (χ1v) is 11.2. The fraction of sp³-hybridized carbons (Fsp3) is 0.348. The average Bonchev–Trinajstić information content (AvgIpc) is 3.08. The van der Waals surface area contributed by atoms with E-state index in [4.69, 9.17) is 5.10 Å². The first kappa shape index (κ1) is 19.2. The zero-order valence-electron chi connectivity index (χ0n) is 17.2. The number of ketones is 1. The van der Waals surface area contributed by atoms with Crippen molar-refractivity contribution in [3.63, 3.8) is 0 Å². The minimum Gasteiger partial charge on any atom is -0.508 e. The van der Waals surface area contributed by atoms with E-state index < -0.39 is 12.0 Å². The van der Waals surface area contributed by atoms with Gasteiger partial charge in [-0.2, -0.15) is 4.98 Å². The highest BCUT2D eigenvalue weighted by Crippen LogP contribution is 2.48. The van der Waals surface area contributed by atoms with Gasteiger partial charge >= 0.3 is 0 Å². The fourth-order valence-corrected chi connectivity index (χ4v) is 5.24. The molecule has 2 atom stereocenters. The second-order valence-corrected chi connectivity index (χ2v) is 9.83. The summed E-state index contributed by atoms with van der Waals surface area (Å²) in [5.41, 5.74) is 1.34. The van der Waals surface area contributed by atoms with Crippen LogP contribution in [-0.4, -0.2) is 31.4 Å². The van der Waals surface area contributed by atoms with Crippen LogP contribution in [0.5, 0.6) is 5.75 Å². The highest BCUT2D eigenvalue weighted by Gasteiger charge is 2.46. The smallest absolute Gasteiger partial charge is 0.227 e. The molecule has 2 N–H and O–H groups in total. The van der Waals surface area contributed by atoms with Crippen molar-refractivity contribution in [1.82, 2.24) is 14.8 Å². The van der Waals surface area contributed by atoms with Gasteiger partial charge in [-0.15, -0.1) is 5.10 Å². The highest BCUT2D eigenvalue weighted by molar-refractivity contribution is 7.99. The normalized spacial score (nSPS) is 22.2. The van der Waals surface area contributed by atoms with Gasteiger partial charge in [0, 0.05) is 17.7 Å². The van der Waals surface area contributed by atoms with Crippen molar-refractivity contribution in [2.45, 2.75) is 38.4 Å². The number of rotatable bonds is 3. The third-order valence-electron chi connectivity index (χ3n) is 5.82. The molecule has 5 rings (SSSR count). The van der Waals surface area contributed by atoms with Gasteiger partial charge < -0.3 is 10.4 Å². The molecule has 2 aliphatic rings. The zero-order valence-corrected chi connectivity index (χ0v) is 18.0. The molecule has 1 aliphatic heterocycles. The molecular formula is C23H24N4O2S. The summed E-state index contributed by atoms with van der Waals surface area (Å²) in [6, 6.07) is 11.1. The number of phenols is 1.